The SMILES string of the molecule is Cc1cc(CCCC(=O)O)cc(S(=O)(=O)N(C)C[C@@H](O)CNC(C)(C)CC2Cc3ccccc3C2)c1. The largest absolute Gasteiger partial charge is 0.481 e. The van der Waals surface area contributed by atoms with Gasteiger partial charge in [-0.1, -0.05) is 30.3 Å². The molecule has 0 aromatic heterocycles. The van der Waals surface area contributed by atoms with Gasteiger partial charge in [0.05, 0.1) is 11.0 Å². The number of sulfonamides is 1. The van der Waals surface area contributed by atoms with Crippen molar-refractivity contribution in [1.82, 2.24) is 9.62 Å². The molecule has 0 unspecified atom stereocenters. The number of β-amino-alcohol motifs (C(OH)–C–C–N with tert-alkyl or cyclic N) is 1. The van der Waals surface area contributed by atoms with Gasteiger partial charge in [-0.15, -0.1) is 0 Å². The zero-order valence-electron chi connectivity index (χ0n) is 21.8. The minimum Gasteiger partial charge on any atom is -0.481 e. The number of hydrogen-bond acceptors (Lipinski definition) is 5. The molecule has 1 aliphatic rings. The molecule has 0 saturated carbocycles. The van der Waals surface area contributed by atoms with Gasteiger partial charge in [-0.25, -0.2) is 8.42 Å². The summed E-state index contributed by atoms with van der Waals surface area (Å²) in [7, 11) is -2.32. The van der Waals surface area contributed by atoms with E-state index in [1.54, 1.807) is 12.1 Å². The van der Waals surface area contributed by atoms with Crippen molar-refractivity contribution in [2.45, 2.75) is 75.8 Å². The van der Waals surface area contributed by atoms with Crippen molar-refractivity contribution in [3.8, 4) is 0 Å². The molecule has 1 aliphatic carbocycles. The maximum absolute atomic E-state index is 13.2. The van der Waals surface area contributed by atoms with Gasteiger partial charge < -0.3 is 15.5 Å². The molecule has 1 atom stereocenters. The Balaban J connectivity index is 1.53. The van der Waals surface area contributed by atoms with Gasteiger partial charge in [-0.3, -0.25) is 4.79 Å². The Kier molecular flexibility index (Phi) is 9.33. The van der Waals surface area contributed by atoms with Crippen LogP contribution in [0.3, 0.4) is 0 Å². The van der Waals surface area contributed by atoms with E-state index in [2.05, 4.69) is 43.4 Å². The quantitative estimate of drug-likeness (QED) is 0.376. The lowest BCUT2D eigenvalue weighted by molar-refractivity contribution is -0.137. The van der Waals surface area contributed by atoms with Crippen LogP contribution in [0, 0.1) is 12.8 Å². The number of carboxylic acid groups (broad SMARTS) is 1. The summed E-state index contributed by atoms with van der Waals surface area (Å²) in [6.07, 6.45) is 3.23. The number of rotatable bonds is 13. The van der Waals surface area contributed by atoms with Crippen LogP contribution in [0.5, 0.6) is 0 Å². The lowest BCUT2D eigenvalue weighted by atomic mass is 9.88. The van der Waals surface area contributed by atoms with E-state index in [0.29, 0.717) is 25.3 Å². The number of aryl methyl sites for hydroxylation is 2. The van der Waals surface area contributed by atoms with Crippen molar-refractivity contribution in [1.29, 1.82) is 0 Å². The van der Waals surface area contributed by atoms with Gasteiger partial charge in [0.15, 0.2) is 0 Å². The number of hydrogen-bond donors (Lipinski definition) is 3. The second kappa shape index (κ2) is 11.9. The third kappa shape index (κ3) is 7.87. The predicted molar refractivity (Wildman–Crippen MR) is 142 cm³/mol. The summed E-state index contributed by atoms with van der Waals surface area (Å²) in [5.41, 5.74) is 4.25. The maximum atomic E-state index is 13.2. The number of nitrogens with zero attached hydrogens (tertiary/aromatic N) is 1. The highest BCUT2D eigenvalue weighted by atomic mass is 32.2. The van der Waals surface area contributed by atoms with Gasteiger partial charge in [-0.05, 0) is 93.2 Å². The number of likely N-dealkylation sites (N-methyl/N-ethyl adjacent to an activating group) is 1. The zero-order chi connectivity index (χ0) is 26.5. The summed E-state index contributed by atoms with van der Waals surface area (Å²) in [5, 5.41) is 22.9. The molecule has 3 rings (SSSR count). The Labute approximate surface area is 215 Å². The van der Waals surface area contributed by atoms with Gasteiger partial charge in [0.2, 0.25) is 10.0 Å². The number of aliphatic hydroxyl groups excluding tert-OH is 1. The molecule has 36 heavy (non-hydrogen) atoms. The zero-order valence-corrected chi connectivity index (χ0v) is 22.6. The number of carboxylic acids is 1. The minimum absolute atomic E-state index is 0.0252. The number of nitrogens with one attached hydrogen (secondary N) is 1. The molecule has 0 saturated heterocycles. The van der Waals surface area contributed by atoms with Crippen molar-refractivity contribution in [2.24, 2.45) is 5.92 Å². The van der Waals surface area contributed by atoms with Gasteiger partial charge in [0.1, 0.15) is 0 Å². The van der Waals surface area contributed by atoms with Gasteiger partial charge >= 0.3 is 5.97 Å². The first-order valence-corrected chi connectivity index (χ1v) is 14.1. The summed E-state index contributed by atoms with van der Waals surface area (Å²) < 4.78 is 27.6. The highest BCUT2D eigenvalue weighted by Crippen LogP contribution is 2.32. The number of carbonyl (C=O) groups is 1. The van der Waals surface area contributed by atoms with Gasteiger partial charge in [-0.2, -0.15) is 4.31 Å². The second-order valence-electron chi connectivity index (χ2n) is 10.9. The molecule has 2 aromatic rings. The van der Waals surface area contributed by atoms with Gasteiger partial charge in [0.25, 0.3) is 0 Å². The third-order valence-corrected chi connectivity index (χ3v) is 8.69. The fraction of sp³-hybridized carbons (Fsp3) is 0.536. The fourth-order valence-corrected chi connectivity index (χ4v) is 6.55. The van der Waals surface area contributed by atoms with Gasteiger partial charge in [0, 0.05) is 32.1 Å². The fourth-order valence-electron chi connectivity index (χ4n) is 5.18. The summed E-state index contributed by atoms with van der Waals surface area (Å²) in [6.45, 7) is 6.34. The molecule has 0 amide bonds. The molecule has 0 spiro atoms. The Morgan fingerprint density at radius 1 is 1.17 bits per heavy atom. The van der Waals surface area contributed by atoms with Crippen LogP contribution in [0.15, 0.2) is 47.4 Å². The first-order chi connectivity index (χ1) is 16.9. The topological polar surface area (TPSA) is 107 Å². The number of aliphatic hydroxyl groups is 1. The Morgan fingerprint density at radius 2 is 1.81 bits per heavy atom. The van der Waals surface area contributed by atoms with Crippen LogP contribution >= 0.6 is 0 Å². The number of benzene rings is 2. The molecule has 7 nitrogen and oxygen atoms in total. The smallest absolute Gasteiger partial charge is 0.303 e. The van der Waals surface area contributed by atoms with Crippen LogP contribution in [0.2, 0.25) is 0 Å². The first kappa shape index (κ1) is 28.3. The van der Waals surface area contributed by atoms with E-state index in [1.807, 2.05) is 13.0 Å². The van der Waals surface area contributed by atoms with Crippen molar-refractivity contribution < 1.29 is 23.4 Å². The van der Waals surface area contributed by atoms with Crippen molar-refractivity contribution in [2.75, 3.05) is 20.1 Å². The molecular formula is C28H40N2O5S. The van der Waals surface area contributed by atoms with Crippen molar-refractivity contribution >= 4 is 16.0 Å². The van der Waals surface area contributed by atoms with Crippen LogP contribution in [-0.4, -0.2) is 60.7 Å². The summed E-state index contributed by atoms with van der Waals surface area (Å²) >= 11 is 0. The molecule has 3 N–H and O–H groups in total. The molecule has 198 valence electrons. The summed E-state index contributed by atoms with van der Waals surface area (Å²) in [6, 6.07) is 13.7. The number of fused-ring (bicyclic) bond motifs is 1. The van der Waals surface area contributed by atoms with Crippen molar-refractivity contribution in [3.63, 3.8) is 0 Å². The van der Waals surface area contributed by atoms with E-state index < -0.39 is 22.1 Å². The van der Waals surface area contributed by atoms with E-state index in [0.717, 1.165) is 30.4 Å². The maximum Gasteiger partial charge on any atom is 0.303 e. The van der Waals surface area contributed by atoms with Crippen LogP contribution in [0.4, 0.5) is 0 Å². The van der Waals surface area contributed by atoms with E-state index >= 15 is 0 Å². The average molecular weight is 517 g/mol. The highest BCUT2D eigenvalue weighted by Gasteiger charge is 2.29. The molecular weight excluding hydrogens is 476 g/mol. The molecule has 8 heteroatoms. The minimum atomic E-state index is -3.79. The Bertz CT molecular complexity index is 1140. The lowest BCUT2D eigenvalue weighted by Crippen LogP contribution is -2.47. The Morgan fingerprint density at radius 3 is 2.42 bits per heavy atom. The van der Waals surface area contributed by atoms with E-state index in [1.165, 1.54) is 22.5 Å². The summed E-state index contributed by atoms with van der Waals surface area (Å²) in [4.78, 5) is 11.0. The monoisotopic (exact) mass is 516 g/mol. The third-order valence-electron chi connectivity index (χ3n) is 6.89. The predicted octanol–water partition coefficient (Wildman–Crippen LogP) is 3.56. The van der Waals surface area contributed by atoms with Crippen LogP contribution in [-0.2, 0) is 34.1 Å². The van der Waals surface area contributed by atoms with E-state index in [9.17, 15) is 18.3 Å². The molecule has 2 aromatic carbocycles. The van der Waals surface area contributed by atoms with Crippen LogP contribution in [0.1, 0.15) is 55.4 Å². The number of aliphatic carboxylic acids is 1. The first-order valence-electron chi connectivity index (χ1n) is 12.6. The highest BCUT2D eigenvalue weighted by molar-refractivity contribution is 7.89. The van der Waals surface area contributed by atoms with Crippen LogP contribution in [0.25, 0.3) is 0 Å². The molecule has 0 fully saturated rings. The molecule has 0 heterocycles. The summed E-state index contributed by atoms with van der Waals surface area (Å²) in [5.74, 6) is -0.314. The normalized spacial score (nSPS) is 15.3. The van der Waals surface area contributed by atoms with E-state index in [4.69, 9.17) is 5.11 Å². The lowest BCUT2D eigenvalue weighted by Gasteiger charge is -2.31. The Hall–Kier alpha value is -2.26. The second-order valence-corrected chi connectivity index (χ2v) is 12.9. The molecule has 0 radical (unpaired) electrons. The molecule has 0 aliphatic heterocycles. The average Bonchev–Trinajstić information content (AvgIpc) is 3.18. The van der Waals surface area contributed by atoms with Crippen molar-refractivity contribution in [3.05, 3.63) is 64.7 Å². The molecule has 0 bridgehead atoms. The van der Waals surface area contributed by atoms with E-state index in [-0.39, 0.29) is 23.4 Å². The standard InChI is InChI=1S/C28H40N2O5S/c1-20-12-21(8-7-11-27(32)33)16-26(13-20)36(34,35)30(4)19-25(31)18-29-28(2,3)17-22-14-23-9-5-6-10-24(23)15-22/h5-6,9-10,12-13,16,22,25,29,31H,7-8,11,14-15,17-19H2,1-4H3,(H,32,33)/t25-/m0/s1. The van der Waals surface area contributed by atoms with Crippen LogP contribution < -0.4 is 5.32 Å².